The molecule has 0 spiro atoms. The van der Waals surface area contributed by atoms with Gasteiger partial charge in [0.1, 0.15) is 0 Å². The van der Waals surface area contributed by atoms with Crippen molar-refractivity contribution in [2.24, 2.45) is 0 Å². The van der Waals surface area contributed by atoms with Crippen LogP contribution < -0.4 is 0 Å². The molecule has 2 rings (SSSR count). The van der Waals surface area contributed by atoms with Gasteiger partial charge >= 0.3 is 0 Å². The van der Waals surface area contributed by atoms with Gasteiger partial charge in [-0.15, -0.1) is 0 Å². The number of likely N-dealkylation sites (N-methyl/N-ethyl adjacent to an activating group) is 1. The molecular formula is C15H23N3O. The van der Waals surface area contributed by atoms with E-state index in [9.17, 15) is 4.79 Å². The van der Waals surface area contributed by atoms with Gasteiger partial charge in [0.2, 0.25) is 0 Å². The summed E-state index contributed by atoms with van der Waals surface area (Å²) in [6.07, 6.45) is 5.86. The molecule has 1 saturated heterocycles. The van der Waals surface area contributed by atoms with Crippen LogP contribution in [0, 0.1) is 0 Å². The Balaban J connectivity index is 2.04. The molecule has 0 saturated carbocycles. The zero-order chi connectivity index (χ0) is 13.9. The van der Waals surface area contributed by atoms with Crippen molar-refractivity contribution >= 4 is 5.91 Å². The molecule has 0 unspecified atom stereocenters. The molecule has 1 fully saturated rings. The molecule has 1 amide bonds. The fraction of sp³-hybridized carbons (Fsp3) is 0.600. The molecule has 2 heterocycles. The predicted octanol–water partition coefficient (Wildman–Crippen LogP) is 2.03. The fourth-order valence-electron chi connectivity index (χ4n) is 2.55. The average molecular weight is 261 g/mol. The number of hydrogen-bond acceptors (Lipinski definition) is 3. The van der Waals surface area contributed by atoms with Gasteiger partial charge in [-0.1, -0.05) is 0 Å². The summed E-state index contributed by atoms with van der Waals surface area (Å²) in [5.41, 5.74) is 0.483. The van der Waals surface area contributed by atoms with E-state index >= 15 is 0 Å². The zero-order valence-electron chi connectivity index (χ0n) is 12.1. The van der Waals surface area contributed by atoms with E-state index in [1.165, 1.54) is 12.8 Å². The summed E-state index contributed by atoms with van der Waals surface area (Å²) in [6.45, 7) is 7.48. The molecule has 1 aliphatic heterocycles. The van der Waals surface area contributed by atoms with Crippen molar-refractivity contribution in [2.45, 2.75) is 32.2 Å². The van der Waals surface area contributed by atoms with Gasteiger partial charge in [-0.05, 0) is 51.9 Å². The summed E-state index contributed by atoms with van der Waals surface area (Å²) in [5, 5.41) is 0. The smallest absolute Gasteiger partial charge is 0.255 e. The van der Waals surface area contributed by atoms with Crippen molar-refractivity contribution in [2.75, 3.05) is 26.7 Å². The van der Waals surface area contributed by atoms with E-state index in [1.54, 1.807) is 18.5 Å². The van der Waals surface area contributed by atoms with Crippen molar-refractivity contribution < 1.29 is 4.79 Å². The number of amides is 1. The molecule has 1 aromatic rings. The largest absolute Gasteiger partial charge is 0.335 e. The Labute approximate surface area is 115 Å². The number of carbonyl (C=O) groups excluding carboxylic acids is 1. The van der Waals surface area contributed by atoms with E-state index < -0.39 is 0 Å². The minimum Gasteiger partial charge on any atom is -0.335 e. The van der Waals surface area contributed by atoms with Gasteiger partial charge in [-0.25, -0.2) is 0 Å². The van der Waals surface area contributed by atoms with Gasteiger partial charge in [0.25, 0.3) is 5.91 Å². The third-order valence-corrected chi connectivity index (χ3v) is 3.93. The van der Waals surface area contributed by atoms with Gasteiger partial charge in [0, 0.05) is 31.5 Å². The second-order valence-electron chi connectivity index (χ2n) is 5.90. The van der Waals surface area contributed by atoms with Crippen LogP contribution in [0.5, 0.6) is 0 Å². The first-order valence-corrected chi connectivity index (χ1v) is 6.91. The molecule has 0 aliphatic carbocycles. The summed E-state index contributed by atoms with van der Waals surface area (Å²) in [7, 11) is 1.88. The van der Waals surface area contributed by atoms with E-state index in [4.69, 9.17) is 0 Å². The van der Waals surface area contributed by atoms with Crippen LogP contribution in [0.2, 0.25) is 0 Å². The van der Waals surface area contributed by atoms with E-state index in [2.05, 4.69) is 23.7 Å². The molecule has 1 aliphatic rings. The van der Waals surface area contributed by atoms with E-state index in [0.717, 1.165) is 19.6 Å². The van der Waals surface area contributed by atoms with E-state index in [-0.39, 0.29) is 11.4 Å². The molecule has 104 valence electrons. The van der Waals surface area contributed by atoms with Crippen LogP contribution >= 0.6 is 0 Å². The minimum atomic E-state index is -0.169. The lowest BCUT2D eigenvalue weighted by Crippen LogP contribution is -2.51. The number of pyridine rings is 1. The highest BCUT2D eigenvalue weighted by atomic mass is 16.2. The molecule has 0 bridgehead atoms. The van der Waals surface area contributed by atoms with Gasteiger partial charge in [0.15, 0.2) is 0 Å². The Bertz CT molecular complexity index is 424. The van der Waals surface area contributed by atoms with Gasteiger partial charge in [0.05, 0.1) is 5.56 Å². The Morgan fingerprint density at radius 2 is 2.11 bits per heavy atom. The number of nitrogens with zero attached hydrogens (tertiary/aromatic N) is 3. The summed E-state index contributed by atoms with van der Waals surface area (Å²) in [6, 6.07) is 3.62. The quantitative estimate of drug-likeness (QED) is 0.832. The normalized spacial score (nSPS) is 16.6. The van der Waals surface area contributed by atoms with Crippen LogP contribution in [-0.2, 0) is 0 Å². The van der Waals surface area contributed by atoms with Gasteiger partial charge in [-0.3, -0.25) is 9.78 Å². The molecule has 0 radical (unpaired) electrons. The summed E-state index contributed by atoms with van der Waals surface area (Å²) in [5.74, 6) is 0.0392. The number of likely N-dealkylation sites (tertiary alicyclic amines) is 1. The van der Waals surface area contributed by atoms with Crippen molar-refractivity contribution in [3.8, 4) is 0 Å². The molecule has 0 aromatic carbocycles. The van der Waals surface area contributed by atoms with Crippen LogP contribution in [-0.4, -0.2) is 52.9 Å². The highest BCUT2D eigenvalue weighted by Crippen LogP contribution is 2.19. The first-order valence-electron chi connectivity index (χ1n) is 6.91. The highest BCUT2D eigenvalue weighted by Gasteiger charge is 2.31. The van der Waals surface area contributed by atoms with Crippen molar-refractivity contribution in [3.05, 3.63) is 30.1 Å². The fourth-order valence-corrected chi connectivity index (χ4v) is 2.55. The number of hydrogen-bond donors (Lipinski definition) is 0. The standard InChI is InChI=1S/C15H23N3O/c1-15(2,12-18-9-4-5-10-18)17(3)14(19)13-7-6-8-16-11-13/h6-8,11H,4-5,9-10,12H2,1-3H3. The van der Waals surface area contributed by atoms with Crippen molar-refractivity contribution in [3.63, 3.8) is 0 Å². The van der Waals surface area contributed by atoms with Gasteiger partial charge < -0.3 is 9.80 Å². The third-order valence-electron chi connectivity index (χ3n) is 3.93. The topological polar surface area (TPSA) is 36.4 Å². The van der Waals surface area contributed by atoms with Crippen LogP contribution in [0.4, 0.5) is 0 Å². The first-order chi connectivity index (χ1) is 9.00. The SMILES string of the molecule is CN(C(=O)c1cccnc1)C(C)(C)CN1CCCC1. The van der Waals surface area contributed by atoms with E-state index in [0.29, 0.717) is 5.56 Å². The molecule has 19 heavy (non-hydrogen) atoms. The van der Waals surface area contributed by atoms with Crippen LogP contribution in [0.1, 0.15) is 37.0 Å². The van der Waals surface area contributed by atoms with Crippen molar-refractivity contribution in [1.82, 2.24) is 14.8 Å². The highest BCUT2D eigenvalue weighted by molar-refractivity contribution is 5.94. The molecule has 4 heteroatoms. The van der Waals surface area contributed by atoms with Crippen LogP contribution in [0.15, 0.2) is 24.5 Å². The molecular weight excluding hydrogens is 238 g/mol. The second kappa shape index (κ2) is 5.70. The first kappa shape index (κ1) is 14.0. The second-order valence-corrected chi connectivity index (χ2v) is 5.90. The van der Waals surface area contributed by atoms with Crippen LogP contribution in [0.25, 0.3) is 0 Å². The van der Waals surface area contributed by atoms with Crippen LogP contribution in [0.3, 0.4) is 0 Å². The molecule has 0 atom stereocenters. The van der Waals surface area contributed by atoms with Crippen molar-refractivity contribution in [1.29, 1.82) is 0 Å². The maximum Gasteiger partial charge on any atom is 0.255 e. The average Bonchev–Trinajstić information content (AvgIpc) is 2.90. The summed E-state index contributed by atoms with van der Waals surface area (Å²) < 4.78 is 0. The Hall–Kier alpha value is -1.42. The molecule has 1 aromatic heterocycles. The summed E-state index contributed by atoms with van der Waals surface area (Å²) in [4.78, 5) is 20.7. The van der Waals surface area contributed by atoms with Gasteiger partial charge in [-0.2, -0.15) is 0 Å². The lowest BCUT2D eigenvalue weighted by atomic mass is 10.0. The molecule has 4 nitrogen and oxygen atoms in total. The lowest BCUT2D eigenvalue weighted by Gasteiger charge is -2.38. The number of rotatable bonds is 4. The monoisotopic (exact) mass is 261 g/mol. The Morgan fingerprint density at radius 1 is 1.42 bits per heavy atom. The summed E-state index contributed by atoms with van der Waals surface area (Å²) >= 11 is 0. The third kappa shape index (κ3) is 3.32. The zero-order valence-corrected chi connectivity index (χ0v) is 12.1. The number of carbonyl (C=O) groups is 1. The molecule has 0 N–H and O–H groups in total. The maximum absolute atomic E-state index is 12.4. The Morgan fingerprint density at radius 3 is 2.68 bits per heavy atom. The maximum atomic E-state index is 12.4. The number of aromatic nitrogens is 1. The lowest BCUT2D eigenvalue weighted by molar-refractivity contribution is 0.0555. The minimum absolute atomic E-state index is 0.0392. The predicted molar refractivity (Wildman–Crippen MR) is 76.1 cm³/mol. The Kier molecular flexibility index (Phi) is 4.20. The van der Waals surface area contributed by atoms with E-state index in [1.807, 2.05) is 18.0 Å².